The van der Waals surface area contributed by atoms with Crippen LogP contribution >= 0.6 is 0 Å². The highest BCUT2D eigenvalue weighted by atomic mass is 16.5. The molecule has 0 aliphatic rings. The Morgan fingerprint density at radius 2 is 1.77 bits per heavy atom. The molecule has 31 heavy (non-hydrogen) atoms. The van der Waals surface area contributed by atoms with E-state index in [9.17, 15) is 4.79 Å². The summed E-state index contributed by atoms with van der Waals surface area (Å²) in [6.45, 7) is 2.03. The number of aryl methyl sites for hydroxylation is 1. The van der Waals surface area contributed by atoms with Gasteiger partial charge in [-0.3, -0.25) is 4.79 Å². The van der Waals surface area contributed by atoms with E-state index in [1.54, 1.807) is 43.6 Å². The summed E-state index contributed by atoms with van der Waals surface area (Å²) in [6.07, 6.45) is 1.71. The molecule has 2 N–H and O–H groups in total. The topological polar surface area (TPSA) is 76.1 Å². The number of amides is 1. The second-order valence-electron chi connectivity index (χ2n) is 7.00. The normalized spacial score (nSPS) is 10.4. The van der Waals surface area contributed by atoms with Crippen molar-refractivity contribution in [2.75, 3.05) is 17.7 Å². The zero-order valence-corrected chi connectivity index (χ0v) is 17.3. The molecule has 154 valence electrons. The Kier molecular flexibility index (Phi) is 5.89. The summed E-state index contributed by atoms with van der Waals surface area (Å²) in [4.78, 5) is 21.7. The van der Waals surface area contributed by atoms with Crippen LogP contribution in [0.15, 0.2) is 85.1 Å². The molecule has 0 unspecified atom stereocenters. The maximum absolute atomic E-state index is 12.7. The van der Waals surface area contributed by atoms with Gasteiger partial charge in [0.25, 0.3) is 5.91 Å². The fourth-order valence-electron chi connectivity index (χ4n) is 3.18. The molecule has 1 amide bonds. The van der Waals surface area contributed by atoms with E-state index in [0.717, 1.165) is 16.8 Å². The van der Waals surface area contributed by atoms with Crippen molar-refractivity contribution in [1.29, 1.82) is 0 Å². The minimum Gasteiger partial charge on any atom is -0.495 e. The number of hydrogen-bond donors (Lipinski definition) is 2. The van der Waals surface area contributed by atoms with Crippen LogP contribution in [0.5, 0.6) is 5.75 Å². The minimum absolute atomic E-state index is 0.226. The number of carbonyl (C=O) groups excluding carboxylic acids is 1. The Hall–Kier alpha value is -4.19. The zero-order chi connectivity index (χ0) is 21.6. The molecule has 0 saturated carbocycles. The van der Waals surface area contributed by atoms with Gasteiger partial charge in [-0.25, -0.2) is 9.97 Å². The number of nitrogens with zero attached hydrogens (tertiary/aromatic N) is 2. The summed E-state index contributed by atoms with van der Waals surface area (Å²) < 4.78 is 5.30. The highest BCUT2D eigenvalue weighted by molar-refractivity contribution is 6.05. The smallest absolute Gasteiger partial charge is 0.255 e. The molecule has 6 heteroatoms. The fraction of sp³-hybridized carbons (Fsp3) is 0.0800. The van der Waals surface area contributed by atoms with Crippen molar-refractivity contribution < 1.29 is 9.53 Å². The predicted molar refractivity (Wildman–Crippen MR) is 123 cm³/mol. The van der Waals surface area contributed by atoms with Crippen LogP contribution in [0.1, 0.15) is 15.9 Å². The molecule has 4 aromatic rings. The van der Waals surface area contributed by atoms with Gasteiger partial charge in [0.15, 0.2) is 5.82 Å². The van der Waals surface area contributed by atoms with Crippen LogP contribution in [0, 0.1) is 6.92 Å². The largest absolute Gasteiger partial charge is 0.495 e. The highest BCUT2D eigenvalue weighted by Crippen LogP contribution is 2.25. The molecule has 0 aliphatic carbocycles. The summed E-state index contributed by atoms with van der Waals surface area (Å²) in [6, 6.07) is 24.4. The molecule has 0 radical (unpaired) electrons. The first-order valence-electron chi connectivity index (χ1n) is 9.84. The number of aromatic nitrogens is 2. The lowest BCUT2D eigenvalue weighted by Crippen LogP contribution is -2.12. The molecule has 1 heterocycles. The summed E-state index contributed by atoms with van der Waals surface area (Å²) >= 11 is 0. The molecule has 0 saturated heterocycles. The second kappa shape index (κ2) is 9.09. The molecule has 6 nitrogen and oxygen atoms in total. The van der Waals surface area contributed by atoms with Crippen molar-refractivity contribution in [3.63, 3.8) is 0 Å². The van der Waals surface area contributed by atoms with Gasteiger partial charge in [0.2, 0.25) is 0 Å². The fourth-order valence-corrected chi connectivity index (χ4v) is 3.18. The molecule has 1 aromatic heterocycles. The number of nitrogens with one attached hydrogen (secondary N) is 2. The molecule has 3 aromatic carbocycles. The Labute approximate surface area is 181 Å². The van der Waals surface area contributed by atoms with E-state index in [4.69, 9.17) is 4.74 Å². The van der Waals surface area contributed by atoms with E-state index in [1.807, 2.05) is 55.5 Å². The molecule has 0 bridgehead atoms. The maximum Gasteiger partial charge on any atom is 0.255 e. The number of carbonyl (C=O) groups is 1. The van der Waals surface area contributed by atoms with Crippen LogP contribution in [-0.4, -0.2) is 23.0 Å². The van der Waals surface area contributed by atoms with E-state index in [2.05, 4.69) is 20.6 Å². The van der Waals surface area contributed by atoms with E-state index in [1.165, 1.54) is 0 Å². The average Bonchev–Trinajstić information content (AvgIpc) is 2.80. The van der Waals surface area contributed by atoms with Crippen LogP contribution < -0.4 is 15.4 Å². The molecular weight excluding hydrogens is 388 g/mol. The van der Waals surface area contributed by atoms with Crippen LogP contribution in [0.2, 0.25) is 0 Å². The van der Waals surface area contributed by atoms with Crippen molar-refractivity contribution in [3.05, 3.63) is 96.2 Å². The van der Waals surface area contributed by atoms with Gasteiger partial charge in [0, 0.05) is 23.0 Å². The van der Waals surface area contributed by atoms with E-state index >= 15 is 0 Å². The van der Waals surface area contributed by atoms with Crippen molar-refractivity contribution in [2.45, 2.75) is 6.92 Å². The Bertz CT molecular complexity index is 1220. The minimum atomic E-state index is -0.226. The van der Waals surface area contributed by atoms with Gasteiger partial charge in [0.05, 0.1) is 12.8 Å². The third kappa shape index (κ3) is 4.87. The number of benzene rings is 3. The number of anilines is 3. The summed E-state index contributed by atoms with van der Waals surface area (Å²) in [5.41, 5.74) is 3.99. The van der Waals surface area contributed by atoms with E-state index in [0.29, 0.717) is 28.6 Å². The zero-order valence-electron chi connectivity index (χ0n) is 17.3. The number of hydrogen-bond acceptors (Lipinski definition) is 5. The quantitative estimate of drug-likeness (QED) is 0.442. The van der Waals surface area contributed by atoms with Gasteiger partial charge in [-0.1, -0.05) is 42.0 Å². The van der Waals surface area contributed by atoms with Crippen LogP contribution in [-0.2, 0) is 0 Å². The van der Waals surface area contributed by atoms with Crippen LogP contribution in [0.25, 0.3) is 11.4 Å². The third-order valence-electron chi connectivity index (χ3n) is 4.68. The molecule has 0 spiro atoms. The maximum atomic E-state index is 12.7. The number of methoxy groups -OCH3 is 1. The van der Waals surface area contributed by atoms with Gasteiger partial charge in [-0.15, -0.1) is 0 Å². The number of rotatable bonds is 6. The lowest BCUT2D eigenvalue weighted by atomic mass is 10.1. The molecular formula is C25H22N4O2. The third-order valence-corrected chi connectivity index (χ3v) is 4.68. The highest BCUT2D eigenvalue weighted by Gasteiger charge is 2.10. The van der Waals surface area contributed by atoms with Gasteiger partial charge in [-0.05, 0) is 49.4 Å². The van der Waals surface area contributed by atoms with Crippen molar-refractivity contribution in [2.24, 2.45) is 0 Å². The first-order valence-corrected chi connectivity index (χ1v) is 9.84. The van der Waals surface area contributed by atoms with E-state index < -0.39 is 0 Å². The second-order valence-corrected chi connectivity index (χ2v) is 7.00. The van der Waals surface area contributed by atoms with E-state index in [-0.39, 0.29) is 5.91 Å². The van der Waals surface area contributed by atoms with Crippen molar-refractivity contribution in [3.8, 4) is 17.1 Å². The molecule has 0 fully saturated rings. The van der Waals surface area contributed by atoms with Crippen LogP contribution in [0.4, 0.5) is 17.2 Å². The Balaban J connectivity index is 1.53. The first-order chi connectivity index (χ1) is 15.1. The van der Waals surface area contributed by atoms with Gasteiger partial charge in [-0.2, -0.15) is 0 Å². The molecule has 0 atom stereocenters. The summed E-state index contributed by atoms with van der Waals surface area (Å²) in [7, 11) is 1.57. The standard InChI is InChI=1S/C25H22N4O2/c1-17-7-5-8-18(15-17)24-26-14-13-23(29-24)27-20-10-6-9-19(16-20)25(30)28-21-11-3-4-12-22(21)31-2/h3-16H,1-2H3,(H,28,30)(H,26,27,29). The SMILES string of the molecule is COc1ccccc1NC(=O)c1cccc(Nc2ccnc(-c3cccc(C)c3)n2)c1. The Morgan fingerprint density at radius 1 is 0.935 bits per heavy atom. The lowest BCUT2D eigenvalue weighted by molar-refractivity contribution is 0.102. The van der Waals surface area contributed by atoms with Gasteiger partial charge in [0.1, 0.15) is 11.6 Å². The Morgan fingerprint density at radius 3 is 2.61 bits per heavy atom. The molecule has 0 aliphatic heterocycles. The lowest BCUT2D eigenvalue weighted by Gasteiger charge is -2.11. The summed E-state index contributed by atoms with van der Waals surface area (Å²) in [5.74, 6) is 1.67. The molecule has 4 rings (SSSR count). The van der Waals surface area contributed by atoms with Gasteiger partial charge < -0.3 is 15.4 Å². The monoisotopic (exact) mass is 410 g/mol. The number of ether oxygens (including phenoxy) is 1. The predicted octanol–water partition coefficient (Wildman–Crippen LogP) is 5.46. The van der Waals surface area contributed by atoms with Crippen molar-refractivity contribution >= 4 is 23.1 Å². The first kappa shape index (κ1) is 20.1. The van der Waals surface area contributed by atoms with Gasteiger partial charge >= 0.3 is 0 Å². The number of para-hydroxylation sites is 2. The average molecular weight is 410 g/mol. The summed E-state index contributed by atoms with van der Waals surface area (Å²) in [5, 5.41) is 6.14. The van der Waals surface area contributed by atoms with Crippen molar-refractivity contribution in [1.82, 2.24) is 9.97 Å². The van der Waals surface area contributed by atoms with Crippen LogP contribution in [0.3, 0.4) is 0 Å².